The van der Waals surface area contributed by atoms with Crippen LogP contribution in [0.1, 0.15) is 31.7 Å². The molecule has 1 aromatic carbocycles. The molecule has 1 N–H and O–H groups in total. The minimum Gasteiger partial charge on any atom is -0.494 e. The lowest BCUT2D eigenvalue weighted by atomic mass is 10.2. The number of aliphatic hydroxyl groups excluding tert-OH is 1. The molecule has 1 atom stereocenters. The molecule has 0 amide bonds. The fraction of sp³-hybridized carbons (Fsp3) is 0.571. The summed E-state index contributed by atoms with van der Waals surface area (Å²) >= 11 is 0. The van der Waals surface area contributed by atoms with Crippen LogP contribution in [0.2, 0.25) is 0 Å². The number of benzene rings is 1. The average molecular weight is 238 g/mol. The highest BCUT2D eigenvalue weighted by Gasteiger charge is 1.98. The van der Waals surface area contributed by atoms with E-state index in [0.717, 1.165) is 30.6 Å². The van der Waals surface area contributed by atoms with Gasteiger partial charge in [-0.25, -0.2) is 0 Å². The molecule has 0 saturated heterocycles. The lowest BCUT2D eigenvalue weighted by Gasteiger charge is -2.08. The lowest BCUT2D eigenvalue weighted by Crippen LogP contribution is -2.02. The zero-order valence-corrected chi connectivity index (χ0v) is 10.7. The minimum absolute atomic E-state index is 0.208. The Morgan fingerprint density at radius 1 is 1.29 bits per heavy atom. The fourth-order valence-corrected chi connectivity index (χ4v) is 1.62. The summed E-state index contributed by atoms with van der Waals surface area (Å²) in [6.07, 6.45) is 2.60. The second kappa shape index (κ2) is 8.09. The van der Waals surface area contributed by atoms with Gasteiger partial charge >= 0.3 is 0 Å². The molecule has 17 heavy (non-hydrogen) atoms. The van der Waals surface area contributed by atoms with E-state index in [-0.39, 0.29) is 6.10 Å². The van der Waals surface area contributed by atoms with Crippen molar-refractivity contribution in [1.29, 1.82) is 0 Å². The number of hydrogen-bond donors (Lipinski definition) is 1. The minimum atomic E-state index is -0.208. The van der Waals surface area contributed by atoms with Crippen LogP contribution in [0.3, 0.4) is 0 Å². The van der Waals surface area contributed by atoms with Crippen molar-refractivity contribution < 1.29 is 14.6 Å². The second-order valence-corrected chi connectivity index (χ2v) is 4.27. The van der Waals surface area contributed by atoms with Gasteiger partial charge in [-0.2, -0.15) is 0 Å². The molecule has 0 bridgehead atoms. The first kappa shape index (κ1) is 14.0. The number of ether oxygens (including phenoxy) is 2. The number of aliphatic hydroxyl groups is 1. The Morgan fingerprint density at radius 2 is 2.12 bits per heavy atom. The SMILES string of the molecule is COCc1cccc(OCCCCC(C)O)c1. The van der Waals surface area contributed by atoms with E-state index in [0.29, 0.717) is 13.2 Å². The van der Waals surface area contributed by atoms with Gasteiger partial charge in [0.25, 0.3) is 0 Å². The summed E-state index contributed by atoms with van der Waals surface area (Å²) in [5, 5.41) is 9.11. The smallest absolute Gasteiger partial charge is 0.119 e. The molecular weight excluding hydrogens is 216 g/mol. The van der Waals surface area contributed by atoms with Gasteiger partial charge in [0, 0.05) is 7.11 Å². The highest BCUT2D eigenvalue weighted by atomic mass is 16.5. The summed E-state index contributed by atoms with van der Waals surface area (Å²) in [6.45, 7) is 3.12. The predicted octanol–water partition coefficient (Wildman–Crippen LogP) is 2.76. The molecular formula is C14H22O3. The Morgan fingerprint density at radius 3 is 2.82 bits per heavy atom. The Balaban J connectivity index is 2.24. The molecule has 0 fully saturated rings. The molecule has 0 heterocycles. The summed E-state index contributed by atoms with van der Waals surface area (Å²) in [4.78, 5) is 0. The predicted molar refractivity (Wildman–Crippen MR) is 68.2 cm³/mol. The zero-order valence-electron chi connectivity index (χ0n) is 10.7. The first-order valence-corrected chi connectivity index (χ1v) is 6.11. The highest BCUT2D eigenvalue weighted by Crippen LogP contribution is 2.14. The zero-order chi connectivity index (χ0) is 12.5. The van der Waals surface area contributed by atoms with E-state index in [1.165, 1.54) is 0 Å². The Bertz CT molecular complexity index is 310. The summed E-state index contributed by atoms with van der Waals surface area (Å²) in [7, 11) is 1.68. The number of rotatable bonds is 8. The number of hydrogen-bond acceptors (Lipinski definition) is 3. The molecule has 1 unspecified atom stereocenters. The van der Waals surface area contributed by atoms with Crippen LogP contribution in [-0.4, -0.2) is 24.9 Å². The molecule has 0 aliphatic rings. The first-order chi connectivity index (χ1) is 8.22. The number of methoxy groups -OCH3 is 1. The van der Waals surface area contributed by atoms with Crippen molar-refractivity contribution in [2.24, 2.45) is 0 Å². The van der Waals surface area contributed by atoms with Gasteiger partial charge in [0.1, 0.15) is 5.75 Å². The Kier molecular flexibility index (Phi) is 6.67. The topological polar surface area (TPSA) is 38.7 Å². The van der Waals surface area contributed by atoms with Crippen molar-refractivity contribution in [3.05, 3.63) is 29.8 Å². The maximum atomic E-state index is 9.11. The van der Waals surface area contributed by atoms with Gasteiger partial charge in [0.15, 0.2) is 0 Å². The molecule has 0 radical (unpaired) electrons. The molecule has 3 heteroatoms. The molecule has 0 aromatic heterocycles. The molecule has 1 aromatic rings. The quantitative estimate of drug-likeness (QED) is 0.708. The van der Waals surface area contributed by atoms with Crippen molar-refractivity contribution in [3.63, 3.8) is 0 Å². The van der Waals surface area contributed by atoms with Crippen LogP contribution in [0.4, 0.5) is 0 Å². The van der Waals surface area contributed by atoms with Crippen LogP contribution >= 0.6 is 0 Å². The standard InChI is InChI=1S/C14H22O3/c1-12(15)6-3-4-9-17-14-8-5-7-13(10-14)11-16-2/h5,7-8,10,12,15H,3-4,6,9,11H2,1-2H3. The normalized spacial score (nSPS) is 12.4. The lowest BCUT2D eigenvalue weighted by molar-refractivity contribution is 0.176. The first-order valence-electron chi connectivity index (χ1n) is 6.11. The molecule has 0 spiro atoms. The van der Waals surface area contributed by atoms with E-state index in [9.17, 15) is 0 Å². The van der Waals surface area contributed by atoms with Gasteiger partial charge in [0.05, 0.1) is 19.3 Å². The van der Waals surface area contributed by atoms with Crippen molar-refractivity contribution >= 4 is 0 Å². The monoisotopic (exact) mass is 238 g/mol. The van der Waals surface area contributed by atoms with Crippen molar-refractivity contribution in [2.45, 2.75) is 38.9 Å². The Hall–Kier alpha value is -1.06. The third-order valence-electron chi connectivity index (χ3n) is 2.49. The van der Waals surface area contributed by atoms with E-state index in [1.54, 1.807) is 7.11 Å². The summed E-state index contributed by atoms with van der Waals surface area (Å²) < 4.78 is 10.7. The van der Waals surface area contributed by atoms with Gasteiger partial charge in [0.2, 0.25) is 0 Å². The largest absolute Gasteiger partial charge is 0.494 e. The molecule has 1 rings (SSSR count). The average Bonchev–Trinajstić information content (AvgIpc) is 2.29. The van der Waals surface area contributed by atoms with E-state index < -0.39 is 0 Å². The van der Waals surface area contributed by atoms with Crippen molar-refractivity contribution in [1.82, 2.24) is 0 Å². The van der Waals surface area contributed by atoms with Crippen LogP contribution < -0.4 is 4.74 Å². The maximum Gasteiger partial charge on any atom is 0.119 e. The van der Waals surface area contributed by atoms with Crippen LogP contribution in [0, 0.1) is 0 Å². The van der Waals surface area contributed by atoms with Crippen LogP contribution in [0.15, 0.2) is 24.3 Å². The maximum absolute atomic E-state index is 9.11. The third-order valence-corrected chi connectivity index (χ3v) is 2.49. The van der Waals surface area contributed by atoms with E-state index in [4.69, 9.17) is 14.6 Å². The molecule has 0 aliphatic carbocycles. The van der Waals surface area contributed by atoms with Crippen LogP contribution in [0.5, 0.6) is 5.75 Å². The number of unbranched alkanes of at least 4 members (excludes halogenated alkanes) is 1. The molecule has 0 saturated carbocycles. The third kappa shape index (κ3) is 6.29. The van der Waals surface area contributed by atoms with E-state index in [1.807, 2.05) is 31.2 Å². The Labute approximate surface area is 103 Å². The summed E-state index contributed by atoms with van der Waals surface area (Å²) in [6, 6.07) is 7.94. The molecule has 3 nitrogen and oxygen atoms in total. The molecule has 96 valence electrons. The summed E-state index contributed by atoms with van der Waals surface area (Å²) in [5.41, 5.74) is 1.12. The van der Waals surface area contributed by atoms with Gasteiger partial charge in [-0.15, -0.1) is 0 Å². The van der Waals surface area contributed by atoms with Gasteiger partial charge in [-0.3, -0.25) is 0 Å². The van der Waals surface area contributed by atoms with E-state index >= 15 is 0 Å². The van der Waals surface area contributed by atoms with E-state index in [2.05, 4.69) is 0 Å². The second-order valence-electron chi connectivity index (χ2n) is 4.27. The van der Waals surface area contributed by atoms with Crippen molar-refractivity contribution in [3.8, 4) is 5.75 Å². The van der Waals surface area contributed by atoms with Gasteiger partial charge in [-0.1, -0.05) is 12.1 Å². The molecule has 0 aliphatic heterocycles. The van der Waals surface area contributed by atoms with Gasteiger partial charge < -0.3 is 14.6 Å². The fourth-order valence-electron chi connectivity index (χ4n) is 1.62. The summed E-state index contributed by atoms with van der Waals surface area (Å²) in [5.74, 6) is 0.886. The van der Waals surface area contributed by atoms with Gasteiger partial charge in [-0.05, 0) is 43.9 Å². The van der Waals surface area contributed by atoms with Crippen molar-refractivity contribution in [2.75, 3.05) is 13.7 Å². The van der Waals surface area contributed by atoms with Crippen LogP contribution in [0.25, 0.3) is 0 Å². The highest BCUT2D eigenvalue weighted by molar-refractivity contribution is 5.28. The van der Waals surface area contributed by atoms with Crippen LogP contribution in [-0.2, 0) is 11.3 Å².